The number of amides is 1. The number of rotatable bonds is 6. The van der Waals surface area contributed by atoms with Crippen LogP contribution >= 0.6 is 15.9 Å². The number of carbonyl (C=O) groups is 1. The highest BCUT2D eigenvalue weighted by Gasteiger charge is 2.57. The lowest BCUT2D eigenvalue weighted by Gasteiger charge is -2.17. The zero-order chi connectivity index (χ0) is 14.8. The average Bonchev–Trinajstić information content (AvgIpc) is 3.25. The lowest BCUT2D eigenvalue weighted by molar-refractivity contribution is -0.131. The summed E-state index contributed by atoms with van der Waals surface area (Å²) in [7, 11) is 1.98. The van der Waals surface area contributed by atoms with Gasteiger partial charge in [-0.3, -0.25) is 4.79 Å². The maximum Gasteiger partial charge on any atom is 0.226 e. The van der Waals surface area contributed by atoms with Gasteiger partial charge in [0.25, 0.3) is 0 Å². The molecule has 0 aliphatic heterocycles. The number of fused-ring (bicyclic) bond motifs is 3. The Labute approximate surface area is 136 Å². The van der Waals surface area contributed by atoms with Crippen molar-refractivity contribution < 1.29 is 4.79 Å². The molecule has 2 nitrogen and oxygen atoms in total. The fourth-order valence-electron chi connectivity index (χ4n) is 3.89. The van der Waals surface area contributed by atoms with E-state index in [9.17, 15) is 4.79 Å². The maximum absolute atomic E-state index is 12.7. The van der Waals surface area contributed by atoms with Crippen LogP contribution in [0.25, 0.3) is 0 Å². The van der Waals surface area contributed by atoms with Crippen LogP contribution in [0.3, 0.4) is 0 Å². The van der Waals surface area contributed by atoms with Gasteiger partial charge in [-0.05, 0) is 48.6 Å². The summed E-state index contributed by atoms with van der Waals surface area (Å²) >= 11 is 3.45. The number of carbonyl (C=O) groups excluding carboxylic acids is 1. The van der Waals surface area contributed by atoms with E-state index in [1.165, 1.54) is 30.4 Å². The molecule has 3 heteroatoms. The van der Waals surface area contributed by atoms with Gasteiger partial charge in [0.15, 0.2) is 0 Å². The third-order valence-corrected chi connectivity index (χ3v) is 5.68. The molecule has 1 amide bonds. The molecule has 0 spiro atoms. The molecule has 114 valence electrons. The van der Waals surface area contributed by atoms with Gasteiger partial charge in [0.2, 0.25) is 5.91 Å². The number of unbranched alkanes of at least 4 members (excludes halogenated alkanes) is 2. The third kappa shape index (κ3) is 3.03. The summed E-state index contributed by atoms with van der Waals surface area (Å²) in [6, 6.07) is 8.70. The topological polar surface area (TPSA) is 20.3 Å². The molecule has 3 unspecified atom stereocenters. The molecule has 0 N–H and O–H groups in total. The molecule has 1 aromatic rings. The molecule has 0 heterocycles. The van der Waals surface area contributed by atoms with Crippen molar-refractivity contribution in [1.82, 2.24) is 4.90 Å². The van der Waals surface area contributed by atoms with Crippen molar-refractivity contribution in [2.75, 3.05) is 18.9 Å². The van der Waals surface area contributed by atoms with Crippen LogP contribution in [0, 0.1) is 11.8 Å². The minimum Gasteiger partial charge on any atom is -0.345 e. The molecule has 1 aromatic carbocycles. The Morgan fingerprint density at radius 1 is 1.29 bits per heavy atom. The van der Waals surface area contributed by atoms with E-state index in [2.05, 4.69) is 40.2 Å². The van der Waals surface area contributed by atoms with Gasteiger partial charge in [-0.15, -0.1) is 0 Å². The van der Waals surface area contributed by atoms with Crippen molar-refractivity contribution in [2.24, 2.45) is 11.8 Å². The van der Waals surface area contributed by atoms with E-state index < -0.39 is 0 Å². The number of benzene rings is 1. The van der Waals surface area contributed by atoms with Crippen LogP contribution in [0.15, 0.2) is 24.3 Å². The van der Waals surface area contributed by atoms with Gasteiger partial charge in [0.1, 0.15) is 0 Å². The molecular weight excluding hydrogens is 326 g/mol. The van der Waals surface area contributed by atoms with Gasteiger partial charge in [-0.2, -0.15) is 0 Å². The van der Waals surface area contributed by atoms with E-state index in [0.717, 1.165) is 24.7 Å². The second kappa shape index (κ2) is 6.51. The van der Waals surface area contributed by atoms with E-state index in [1.54, 1.807) is 0 Å². The Balaban J connectivity index is 1.58. The zero-order valence-corrected chi connectivity index (χ0v) is 14.3. The predicted molar refractivity (Wildman–Crippen MR) is 89.8 cm³/mol. The Kier molecular flexibility index (Phi) is 4.68. The molecule has 1 saturated carbocycles. The lowest BCUT2D eigenvalue weighted by Crippen LogP contribution is -2.30. The molecule has 2 aliphatic rings. The standard InChI is InChI=1S/C18H24BrNO/c1-20(12-6-2-5-11-19)18(21)17-15-10-9-13-7-3-4-8-14(13)16(15)17/h3-4,7-8,15-17H,2,5-6,9-12H2,1H3. The quantitative estimate of drug-likeness (QED) is 0.561. The van der Waals surface area contributed by atoms with Crippen molar-refractivity contribution >= 4 is 21.8 Å². The highest BCUT2D eigenvalue weighted by Crippen LogP contribution is 2.60. The number of hydrogen-bond acceptors (Lipinski definition) is 1. The highest BCUT2D eigenvalue weighted by molar-refractivity contribution is 9.09. The summed E-state index contributed by atoms with van der Waals surface area (Å²) < 4.78 is 0. The number of alkyl halides is 1. The molecule has 0 aromatic heterocycles. The minimum absolute atomic E-state index is 0.259. The first-order valence-corrected chi connectivity index (χ1v) is 9.25. The number of hydrogen-bond donors (Lipinski definition) is 0. The Hall–Kier alpha value is -0.830. The van der Waals surface area contributed by atoms with Gasteiger partial charge in [0, 0.05) is 24.8 Å². The number of nitrogens with zero attached hydrogens (tertiary/aromatic N) is 1. The van der Waals surface area contributed by atoms with Gasteiger partial charge in [-0.1, -0.05) is 46.6 Å². The van der Waals surface area contributed by atoms with Crippen LogP contribution in [0.1, 0.15) is 42.7 Å². The fraction of sp³-hybridized carbons (Fsp3) is 0.611. The average molecular weight is 350 g/mol. The first kappa shape index (κ1) is 15.1. The van der Waals surface area contributed by atoms with Gasteiger partial charge >= 0.3 is 0 Å². The molecule has 3 rings (SSSR count). The van der Waals surface area contributed by atoms with Gasteiger partial charge < -0.3 is 4.90 Å². The van der Waals surface area contributed by atoms with Crippen molar-refractivity contribution in [2.45, 2.75) is 38.0 Å². The smallest absolute Gasteiger partial charge is 0.226 e. The van der Waals surface area contributed by atoms with E-state index in [0.29, 0.717) is 17.7 Å². The van der Waals surface area contributed by atoms with E-state index >= 15 is 0 Å². The molecule has 0 radical (unpaired) electrons. The van der Waals surface area contributed by atoms with Crippen LogP contribution in [0.5, 0.6) is 0 Å². The Morgan fingerprint density at radius 2 is 2.10 bits per heavy atom. The zero-order valence-electron chi connectivity index (χ0n) is 12.7. The van der Waals surface area contributed by atoms with Crippen LogP contribution in [-0.4, -0.2) is 29.7 Å². The van der Waals surface area contributed by atoms with E-state index in [1.807, 2.05) is 11.9 Å². The lowest BCUT2D eigenvalue weighted by atomic mass is 9.92. The monoisotopic (exact) mass is 349 g/mol. The predicted octanol–water partition coefficient (Wildman–Crippen LogP) is 3.99. The van der Waals surface area contributed by atoms with E-state index in [4.69, 9.17) is 0 Å². The highest BCUT2D eigenvalue weighted by atomic mass is 79.9. The Bertz CT molecular complexity index is 516. The van der Waals surface area contributed by atoms with Crippen molar-refractivity contribution in [1.29, 1.82) is 0 Å². The maximum atomic E-state index is 12.7. The first-order chi connectivity index (χ1) is 10.2. The SMILES string of the molecule is CN(CCCCCBr)C(=O)C1C2CCc3ccccc3C21. The summed E-state index contributed by atoms with van der Waals surface area (Å²) in [5.41, 5.74) is 2.91. The molecule has 0 saturated heterocycles. The Morgan fingerprint density at radius 3 is 2.90 bits per heavy atom. The van der Waals surface area contributed by atoms with Crippen molar-refractivity contribution in [3.8, 4) is 0 Å². The summed E-state index contributed by atoms with van der Waals surface area (Å²) in [4.78, 5) is 14.6. The minimum atomic E-state index is 0.259. The molecule has 3 atom stereocenters. The molecule has 2 aliphatic carbocycles. The summed E-state index contributed by atoms with van der Waals surface area (Å²) in [5.74, 6) is 1.75. The molecule has 21 heavy (non-hydrogen) atoms. The molecule has 0 bridgehead atoms. The number of halogens is 1. The normalized spacial score (nSPS) is 25.9. The van der Waals surface area contributed by atoms with E-state index in [-0.39, 0.29) is 5.92 Å². The number of aryl methyl sites for hydroxylation is 1. The summed E-state index contributed by atoms with van der Waals surface area (Å²) in [6.07, 6.45) is 5.85. The second-order valence-electron chi connectivity index (χ2n) is 6.46. The molecule has 1 fully saturated rings. The third-order valence-electron chi connectivity index (χ3n) is 5.12. The van der Waals surface area contributed by atoms with Crippen LogP contribution < -0.4 is 0 Å². The van der Waals surface area contributed by atoms with Crippen LogP contribution in [0.2, 0.25) is 0 Å². The van der Waals surface area contributed by atoms with Gasteiger partial charge in [0.05, 0.1) is 0 Å². The molecular formula is C18H24BrNO. The van der Waals surface area contributed by atoms with Crippen LogP contribution in [-0.2, 0) is 11.2 Å². The first-order valence-electron chi connectivity index (χ1n) is 8.12. The summed E-state index contributed by atoms with van der Waals surface area (Å²) in [6.45, 7) is 0.906. The van der Waals surface area contributed by atoms with Crippen molar-refractivity contribution in [3.05, 3.63) is 35.4 Å². The second-order valence-corrected chi connectivity index (χ2v) is 7.26. The van der Waals surface area contributed by atoms with Gasteiger partial charge in [-0.25, -0.2) is 0 Å². The van der Waals surface area contributed by atoms with Crippen LogP contribution in [0.4, 0.5) is 0 Å². The fourth-order valence-corrected chi connectivity index (χ4v) is 4.28. The van der Waals surface area contributed by atoms with Crippen molar-refractivity contribution in [3.63, 3.8) is 0 Å². The largest absolute Gasteiger partial charge is 0.345 e. The summed E-state index contributed by atoms with van der Waals surface area (Å²) in [5, 5.41) is 1.06.